The first-order valence-corrected chi connectivity index (χ1v) is 5.92. The summed E-state index contributed by atoms with van der Waals surface area (Å²) in [6.07, 6.45) is 0. The molecule has 0 aliphatic carbocycles. The Kier molecular flexibility index (Phi) is 8.74. The summed E-state index contributed by atoms with van der Waals surface area (Å²) in [6.45, 7) is 3.04. The largest absolute Gasteiger partial charge is 0.497 e. The number of amides is 1. The SMILES string of the molecule is COc1ccc(OCCNC(=O)C(C)CN)cc1.Cl. The Labute approximate surface area is 119 Å². The van der Waals surface area contributed by atoms with Crippen molar-refractivity contribution in [1.82, 2.24) is 5.32 Å². The van der Waals surface area contributed by atoms with Gasteiger partial charge in [-0.2, -0.15) is 0 Å². The van der Waals surface area contributed by atoms with Gasteiger partial charge in [0.15, 0.2) is 0 Å². The van der Waals surface area contributed by atoms with E-state index in [0.29, 0.717) is 19.7 Å². The molecule has 0 aliphatic rings. The van der Waals surface area contributed by atoms with Crippen LogP contribution in [0.5, 0.6) is 11.5 Å². The van der Waals surface area contributed by atoms with Crippen LogP contribution in [0.25, 0.3) is 0 Å². The molecule has 0 bridgehead atoms. The minimum absolute atomic E-state index is 0. The third kappa shape index (κ3) is 6.31. The number of carbonyl (C=O) groups excluding carboxylic acids is 1. The minimum atomic E-state index is -0.161. The summed E-state index contributed by atoms with van der Waals surface area (Å²) >= 11 is 0. The summed E-state index contributed by atoms with van der Waals surface area (Å²) in [4.78, 5) is 11.4. The maximum atomic E-state index is 11.4. The van der Waals surface area contributed by atoms with Gasteiger partial charge in [0.25, 0.3) is 0 Å². The molecule has 108 valence electrons. The number of nitrogens with one attached hydrogen (secondary N) is 1. The first kappa shape index (κ1) is 17.5. The van der Waals surface area contributed by atoms with E-state index in [-0.39, 0.29) is 24.2 Å². The van der Waals surface area contributed by atoms with Crippen LogP contribution in [0.3, 0.4) is 0 Å². The number of benzene rings is 1. The Morgan fingerprint density at radius 2 is 1.89 bits per heavy atom. The lowest BCUT2D eigenvalue weighted by molar-refractivity contribution is -0.124. The van der Waals surface area contributed by atoms with Crippen molar-refractivity contribution in [3.05, 3.63) is 24.3 Å². The van der Waals surface area contributed by atoms with Crippen LogP contribution in [-0.4, -0.2) is 32.7 Å². The first-order valence-electron chi connectivity index (χ1n) is 5.92. The summed E-state index contributed by atoms with van der Waals surface area (Å²) in [5.74, 6) is 1.33. The van der Waals surface area contributed by atoms with Gasteiger partial charge in [-0.3, -0.25) is 4.79 Å². The third-order valence-electron chi connectivity index (χ3n) is 2.53. The molecule has 1 aromatic carbocycles. The van der Waals surface area contributed by atoms with E-state index in [4.69, 9.17) is 15.2 Å². The van der Waals surface area contributed by atoms with Gasteiger partial charge in [-0.15, -0.1) is 12.4 Å². The van der Waals surface area contributed by atoms with Gasteiger partial charge in [-0.25, -0.2) is 0 Å². The zero-order valence-electron chi connectivity index (χ0n) is 11.2. The number of rotatable bonds is 7. The van der Waals surface area contributed by atoms with Crippen molar-refractivity contribution in [3.63, 3.8) is 0 Å². The summed E-state index contributed by atoms with van der Waals surface area (Å²) in [5.41, 5.74) is 5.39. The molecule has 0 saturated heterocycles. The molecule has 19 heavy (non-hydrogen) atoms. The average molecular weight is 289 g/mol. The molecule has 3 N–H and O–H groups in total. The Balaban J connectivity index is 0.00000324. The monoisotopic (exact) mass is 288 g/mol. The van der Waals surface area contributed by atoms with Crippen molar-refractivity contribution in [3.8, 4) is 11.5 Å². The van der Waals surface area contributed by atoms with Gasteiger partial charge in [0, 0.05) is 12.5 Å². The topological polar surface area (TPSA) is 73.6 Å². The number of nitrogens with two attached hydrogens (primary N) is 1. The molecule has 0 aromatic heterocycles. The molecule has 5 nitrogen and oxygen atoms in total. The van der Waals surface area contributed by atoms with Crippen molar-refractivity contribution < 1.29 is 14.3 Å². The highest BCUT2D eigenvalue weighted by Gasteiger charge is 2.09. The number of hydrogen-bond donors (Lipinski definition) is 2. The fraction of sp³-hybridized carbons (Fsp3) is 0.462. The van der Waals surface area contributed by atoms with Crippen molar-refractivity contribution >= 4 is 18.3 Å². The highest BCUT2D eigenvalue weighted by Crippen LogP contribution is 2.16. The molecule has 0 saturated carbocycles. The lowest BCUT2D eigenvalue weighted by Crippen LogP contribution is -2.35. The summed E-state index contributed by atoms with van der Waals surface area (Å²) in [7, 11) is 1.62. The van der Waals surface area contributed by atoms with Gasteiger partial charge >= 0.3 is 0 Å². The first-order chi connectivity index (χ1) is 8.67. The normalized spacial score (nSPS) is 11.1. The highest BCUT2D eigenvalue weighted by molar-refractivity contribution is 5.85. The van der Waals surface area contributed by atoms with E-state index in [9.17, 15) is 4.79 Å². The van der Waals surface area contributed by atoms with Crippen molar-refractivity contribution in [2.45, 2.75) is 6.92 Å². The fourth-order valence-electron chi connectivity index (χ4n) is 1.30. The van der Waals surface area contributed by atoms with Gasteiger partial charge in [-0.1, -0.05) is 6.92 Å². The Morgan fingerprint density at radius 1 is 1.32 bits per heavy atom. The highest BCUT2D eigenvalue weighted by atomic mass is 35.5. The van der Waals surface area contributed by atoms with Crippen LogP contribution in [-0.2, 0) is 4.79 Å². The number of halogens is 1. The number of ether oxygens (including phenoxy) is 2. The van der Waals surface area contributed by atoms with Crippen LogP contribution < -0.4 is 20.5 Å². The van der Waals surface area contributed by atoms with Gasteiger partial charge in [0.05, 0.1) is 13.7 Å². The molecular weight excluding hydrogens is 268 g/mol. The van der Waals surface area contributed by atoms with E-state index in [1.54, 1.807) is 14.0 Å². The molecule has 1 unspecified atom stereocenters. The maximum absolute atomic E-state index is 11.4. The van der Waals surface area contributed by atoms with Crippen molar-refractivity contribution in [2.75, 3.05) is 26.8 Å². The van der Waals surface area contributed by atoms with Crippen molar-refractivity contribution in [1.29, 1.82) is 0 Å². The van der Waals surface area contributed by atoms with Crippen LogP contribution in [0.2, 0.25) is 0 Å². The maximum Gasteiger partial charge on any atom is 0.224 e. The van der Waals surface area contributed by atoms with E-state index in [0.717, 1.165) is 11.5 Å². The quantitative estimate of drug-likeness (QED) is 0.740. The summed E-state index contributed by atoms with van der Waals surface area (Å²) in [6, 6.07) is 7.29. The average Bonchev–Trinajstić information content (AvgIpc) is 2.43. The standard InChI is InChI=1S/C13H20N2O3.ClH/c1-10(9-14)13(16)15-7-8-18-12-5-3-11(17-2)4-6-12;/h3-6,10H,7-9,14H2,1-2H3,(H,15,16);1H. The molecule has 1 atom stereocenters. The second kappa shape index (κ2) is 9.47. The molecule has 1 aromatic rings. The van der Waals surface area contributed by atoms with Crippen LogP contribution in [0.4, 0.5) is 0 Å². The summed E-state index contributed by atoms with van der Waals surface area (Å²) < 4.78 is 10.5. The van der Waals surface area contributed by atoms with Gasteiger partial charge in [0.2, 0.25) is 5.91 Å². The number of hydrogen-bond acceptors (Lipinski definition) is 4. The van der Waals surface area contributed by atoms with E-state index in [2.05, 4.69) is 5.32 Å². The predicted molar refractivity (Wildman–Crippen MR) is 77.0 cm³/mol. The van der Waals surface area contributed by atoms with E-state index in [1.165, 1.54) is 0 Å². The molecule has 0 fully saturated rings. The van der Waals surface area contributed by atoms with Crippen LogP contribution in [0.15, 0.2) is 24.3 Å². The molecule has 6 heteroatoms. The van der Waals surface area contributed by atoms with E-state index in [1.807, 2.05) is 24.3 Å². The smallest absolute Gasteiger partial charge is 0.224 e. The summed E-state index contributed by atoms with van der Waals surface area (Å²) in [5, 5.41) is 2.76. The van der Waals surface area contributed by atoms with Crippen molar-refractivity contribution in [2.24, 2.45) is 11.7 Å². The molecular formula is C13H21ClN2O3. The Morgan fingerprint density at radius 3 is 2.42 bits per heavy atom. The molecule has 0 heterocycles. The van der Waals surface area contributed by atoms with E-state index < -0.39 is 0 Å². The Hall–Kier alpha value is -1.46. The number of carbonyl (C=O) groups is 1. The zero-order chi connectivity index (χ0) is 13.4. The fourth-order valence-corrected chi connectivity index (χ4v) is 1.30. The van der Waals surface area contributed by atoms with Crippen LogP contribution in [0, 0.1) is 5.92 Å². The zero-order valence-corrected chi connectivity index (χ0v) is 12.0. The predicted octanol–water partition coefficient (Wildman–Crippen LogP) is 1.21. The second-order valence-corrected chi connectivity index (χ2v) is 3.95. The van der Waals surface area contributed by atoms with Crippen LogP contribution in [0.1, 0.15) is 6.92 Å². The molecule has 0 spiro atoms. The van der Waals surface area contributed by atoms with E-state index >= 15 is 0 Å². The third-order valence-corrected chi connectivity index (χ3v) is 2.53. The second-order valence-electron chi connectivity index (χ2n) is 3.95. The van der Waals surface area contributed by atoms with Gasteiger partial charge in [0.1, 0.15) is 18.1 Å². The molecule has 0 radical (unpaired) electrons. The molecule has 0 aliphatic heterocycles. The molecule has 1 amide bonds. The minimum Gasteiger partial charge on any atom is -0.497 e. The number of methoxy groups -OCH3 is 1. The lowest BCUT2D eigenvalue weighted by atomic mass is 10.2. The molecule has 1 rings (SSSR count). The Bertz CT molecular complexity index is 371. The van der Waals surface area contributed by atoms with Gasteiger partial charge in [-0.05, 0) is 24.3 Å². The lowest BCUT2D eigenvalue weighted by Gasteiger charge is -2.11. The van der Waals surface area contributed by atoms with Crippen LogP contribution >= 0.6 is 12.4 Å². The van der Waals surface area contributed by atoms with Gasteiger partial charge < -0.3 is 20.5 Å².